The highest BCUT2D eigenvalue weighted by molar-refractivity contribution is 5.81. The number of hydrogen-bond acceptors (Lipinski definition) is 5. The van der Waals surface area contributed by atoms with Crippen molar-refractivity contribution in [2.45, 2.75) is 26.0 Å². The fourth-order valence-electron chi connectivity index (χ4n) is 2.93. The molecule has 0 radical (unpaired) electrons. The topological polar surface area (TPSA) is 75.2 Å². The van der Waals surface area contributed by atoms with Gasteiger partial charge in [-0.1, -0.05) is 19.1 Å². The van der Waals surface area contributed by atoms with Crippen molar-refractivity contribution in [3.8, 4) is 5.75 Å². The lowest BCUT2D eigenvalue weighted by atomic mass is 10.2. The molecule has 1 saturated heterocycles. The number of halogens is 2. The molecule has 0 amide bonds. The minimum Gasteiger partial charge on any atom is -0.469 e. The molecule has 150 valence electrons. The number of ether oxygens (including phenoxy) is 2. The van der Waals surface area contributed by atoms with Gasteiger partial charge in [0.2, 0.25) is 0 Å². The quantitative estimate of drug-likeness (QED) is 0.425. The first-order valence-electron chi connectivity index (χ1n) is 8.78. The van der Waals surface area contributed by atoms with Crippen molar-refractivity contribution in [3.05, 3.63) is 24.3 Å². The average molecular weight is 384 g/mol. The summed E-state index contributed by atoms with van der Waals surface area (Å²) < 4.78 is 34.5. The van der Waals surface area contributed by atoms with Crippen LogP contribution >= 0.6 is 0 Å². The molecule has 0 aromatic heterocycles. The van der Waals surface area contributed by atoms with Crippen LogP contribution in [0.4, 0.5) is 14.5 Å². The second kappa shape index (κ2) is 9.94. The summed E-state index contributed by atoms with van der Waals surface area (Å²) in [5.74, 6) is 0.157. The maximum Gasteiger partial charge on any atom is 0.387 e. The van der Waals surface area contributed by atoms with E-state index in [1.165, 1.54) is 13.2 Å². The Morgan fingerprint density at radius 2 is 2.15 bits per heavy atom. The van der Waals surface area contributed by atoms with E-state index < -0.39 is 6.61 Å². The van der Waals surface area contributed by atoms with Gasteiger partial charge in [0.25, 0.3) is 0 Å². The highest BCUT2D eigenvalue weighted by Crippen LogP contribution is 2.31. The lowest BCUT2D eigenvalue weighted by Gasteiger charge is -2.23. The summed E-state index contributed by atoms with van der Waals surface area (Å²) in [5.41, 5.74) is 0.643. The molecular weight excluding hydrogens is 358 g/mol. The molecule has 0 aliphatic carbocycles. The van der Waals surface area contributed by atoms with Crippen molar-refractivity contribution >= 4 is 17.6 Å². The molecule has 1 aliphatic rings. The zero-order valence-electron chi connectivity index (χ0n) is 15.7. The van der Waals surface area contributed by atoms with E-state index in [2.05, 4.69) is 20.4 Å². The number of guanidine groups is 1. The van der Waals surface area contributed by atoms with Crippen molar-refractivity contribution in [3.63, 3.8) is 0 Å². The monoisotopic (exact) mass is 384 g/mol. The van der Waals surface area contributed by atoms with Gasteiger partial charge in [0.15, 0.2) is 5.96 Å². The summed E-state index contributed by atoms with van der Waals surface area (Å²) in [5, 5.41) is 6.39. The fourth-order valence-corrected chi connectivity index (χ4v) is 2.93. The van der Waals surface area contributed by atoms with E-state index in [1.807, 2.05) is 4.90 Å². The number of anilines is 1. The second-order valence-corrected chi connectivity index (χ2v) is 6.30. The number of rotatable bonds is 7. The first kappa shape index (κ1) is 20.7. The lowest BCUT2D eigenvalue weighted by Crippen LogP contribution is -2.46. The number of alkyl halides is 2. The molecule has 27 heavy (non-hydrogen) atoms. The van der Waals surface area contributed by atoms with Gasteiger partial charge < -0.3 is 25.0 Å². The summed E-state index contributed by atoms with van der Waals surface area (Å²) in [7, 11) is 3.01. The second-order valence-electron chi connectivity index (χ2n) is 6.30. The van der Waals surface area contributed by atoms with E-state index >= 15 is 0 Å². The standard InChI is InChI=1S/C18H26F2N4O3/c1-12(16(25)26-3)10-22-18(21-2)23-13-8-9-24(11-13)14-6-4-5-7-15(14)27-17(19)20/h4-7,12-13,17H,8-11H2,1-3H3,(H2,21,22,23). The Balaban J connectivity index is 1.91. The average Bonchev–Trinajstić information content (AvgIpc) is 3.12. The number of methoxy groups -OCH3 is 1. The fraction of sp³-hybridized carbons (Fsp3) is 0.556. The summed E-state index contributed by atoms with van der Waals surface area (Å²) in [6, 6.07) is 6.86. The van der Waals surface area contributed by atoms with Crippen LogP contribution in [-0.2, 0) is 9.53 Å². The van der Waals surface area contributed by atoms with Crippen LogP contribution in [0.3, 0.4) is 0 Å². The molecule has 1 aliphatic heterocycles. The van der Waals surface area contributed by atoms with Crippen LogP contribution in [0.15, 0.2) is 29.3 Å². The predicted molar refractivity (Wildman–Crippen MR) is 99.4 cm³/mol. The molecule has 1 fully saturated rings. The zero-order chi connectivity index (χ0) is 19.8. The summed E-state index contributed by atoms with van der Waals surface area (Å²) in [6.45, 7) is 0.632. The smallest absolute Gasteiger partial charge is 0.387 e. The molecule has 0 bridgehead atoms. The van der Waals surface area contributed by atoms with Gasteiger partial charge in [-0.05, 0) is 18.6 Å². The number of esters is 1. The third kappa shape index (κ3) is 5.97. The Hall–Kier alpha value is -2.58. The highest BCUT2D eigenvalue weighted by atomic mass is 19.3. The third-order valence-corrected chi connectivity index (χ3v) is 4.35. The van der Waals surface area contributed by atoms with Gasteiger partial charge in [-0.2, -0.15) is 8.78 Å². The minimum absolute atomic E-state index is 0.0873. The van der Waals surface area contributed by atoms with Crippen molar-refractivity contribution in [2.75, 3.05) is 38.7 Å². The number of carbonyl (C=O) groups excluding carboxylic acids is 1. The van der Waals surface area contributed by atoms with Crippen LogP contribution in [0.1, 0.15) is 13.3 Å². The number of carbonyl (C=O) groups is 1. The van der Waals surface area contributed by atoms with Gasteiger partial charge in [0.05, 0.1) is 18.7 Å². The Morgan fingerprint density at radius 3 is 2.81 bits per heavy atom. The zero-order valence-corrected chi connectivity index (χ0v) is 15.7. The number of hydrogen-bond donors (Lipinski definition) is 2. The van der Waals surface area contributed by atoms with E-state index in [4.69, 9.17) is 4.74 Å². The Bertz CT molecular complexity index is 657. The van der Waals surface area contributed by atoms with Crippen molar-refractivity contribution in [1.82, 2.24) is 10.6 Å². The Labute approximate surface area is 157 Å². The largest absolute Gasteiger partial charge is 0.469 e. The molecule has 1 heterocycles. The van der Waals surface area contributed by atoms with E-state index in [0.717, 1.165) is 6.42 Å². The highest BCUT2D eigenvalue weighted by Gasteiger charge is 2.26. The van der Waals surface area contributed by atoms with Crippen LogP contribution in [0.25, 0.3) is 0 Å². The molecule has 2 N–H and O–H groups in total. The molecule has 1 aromatic carbocycles. The predicted octanol–water partition coefficient (Wildman–Crippen LogP) is 1.84. The van der Waals surface area contributed by atoms with Crippen LogP contribution in [0.2, 0.25) is 0 Å². The molecule has 2 rings (SSSR count). The number of nitrogens with zero attached hydrogens (tertiary/aromatic N) is 2. The molecular formula is C18H26F2N4O3. The molecule has 2 atom stereocenters. The van der Waals surface area contributed by atoms with Gasteiger partial charge in [-0.15, -0.1) is 0 Å². The first-order chi connectivity index (χ1) is 12.9. The number of nitrogens with one attached hydrogen (secondary N) is 2. The van der Waals surface area contributed by atoms with Gasteiger partial charge in [-0.25, -0.2) is 0 Å². The minimum atomic E-state index is -2.86. The van der Waals surface area contributed by atoms with E-state index in [9.17, 15) is 13.6 Å². The van der Waals surface area contributed by atoms with Crippen LogP contribution in [-0.4, -0.2) is 58.4 Å². The number of para-hydroxylation sites is 2. The molecule has 1 aromatic rings. The van der Waals surface area contributed by atoms with Crippen LogP contribution < -0.4 is 20.3 Å². The summed E-state index contributed by atoms with van der Waals surface area (Å²) >= 11 is 0. The molecule has 0 spiro atoms. The van der Waals surface area contributed by atoms with Gasteiger partial charge in [0.1, 0.15) is 5.75 Å². The van der Waals surface area contributed by atoms with Crippen LogP contribution in [0, 0.1) is 5.92 Å². The molecule has 9 heteroatoms. The normalized spacial score (nSPS) is 18.4. The maximum atomic E-state index is 12.6. The third-order valence-electron chi connectivity index (χ3n) is 4.35. The first-order valence-corrected chi connectivity index (χ1v) is 8.78. The van der Waals surface area contributed by atoms with Gasteiger partial charge >= 0.3 is 12.6 Å². The van der Waals surface area contributed by atoms with Crippen LogP contribution in [0.5, 0.6) is 5.75 Å². The van der Waals surface area contributed by atoms with E-state index in [0.29, 0.717) is 31.3 Å². The SMILES string of the molecule is CN=C(NCC(C)C(=O)OC)NC1CCN(c2ccccc2OC(F)F)C1. The lowest BCUT2D eigenvalue weighted by molar-refractivity contribution is -0.144. The molecule has 0 saturated carbocycles. The maximum absolute atomic E-state index is 12.6. The van der Waals surface area contributed by atoms with Crippen molar-refractivity contribution in [2.24, 2.45) is 10.9 Å². The number of aliphatic imine (C=N–C) groups is 1. The summed E-state index contributed by atoms with van der Waals surface area (Å²) in [4.78, 5) is 17.6. The molecule has 2 unspecified atom stereocenters. The van der Waals surface area contributed by atoms with E-state index in [1.54, 1.807) is 32.2 Å². The van der Waals surface area contributed by atoms with E-state index in [-0.39, 0.29) is 23.7 Å². The Morgan fingerprint density at radius 1 is 1.41 bits per heavy atom. The van der Waals surface area contributed by atoms with Gasteiger partial charge in [0, 0.05) is 32.7 Å². The van der Waals surface area contributed by atoms with Gasteiger partial charge in [-0.3, -0.25) is 9.79 Å². The molecule has 7 nitrogen and oxygen atoms in total. The van der Waals surface area contributed by atoms with Crippen molar-refractivity contribution < 1.29 is 23.0 Å². The Kier molecular flexibility index (Phi) is 7.63. The number of benzene rings is 1. The summed E-state index contributed by atoms with van der Waals surface area (Å²) in [6.07, 6.45) is 0.816. The van der Waals surface area contributed by atoms with Crippen molar-refractivity contribution in [1.29, 1.82) is 0 Å².